The first kappa shape index (κ1) is 14.2. The standard InChI is InChI=1S/C13H11F3N2O2/c14-13(15,16)20-10-5-3-9(4-6-10)12(19)18-11(7-17)8-1-2-8/h3-6,8,11H,1-2H2,(H,18,19). The van der Waals surface area contributed by atoms with Crippen LogP contribution < -0.4 is 10.1 Å². The molecule has 0 heterocycles. The summed E-state index contributed by atoms with van der Waals surface area (Å²) in [5, 5.41) is 11.4. The number of nitrogens with one attached hydrogen (secondary N) is 1. The highest BCUT2D eigenvalue weighted by Crippen LogP contribution is 2.32. The summed E-state index contributed by atoms with van der Waals surface area (Å²) < 4.78 is 39.6. The van der Waals surface area contributed by atoms with E-state index in [-0.39, 0.29) is 11.5 Å². The largest absolute Gasteiger partial charge is 0.573 e. The average Bonchev–Trinajstić information content (AvgIpc) is 3.19. The third kappa shape index (κ3) is 3.88. The molecule has 1 fully saturated rings. The van der Waals surface area contributed by atoms with E-state index in [1.807, 2.05) is 6.07 Å². The summed E-state index contributed by atoms with van der Waals surface area (Å²) in [4.78, 5) is 11.8. The van der Waals surface area contributed by atoms with Crippen molar-refractivity contribution < 1.29 is 22.7 Å². The Hall–Kier alpha value is -2.23. The molecule has 0 aliphatic heterocycles. The smallest absolute Gasteiger partial charge is 0.406 e. The number of halogens is 3. The molecule has 1 N–H and O–H groups in total. The maximum Gasteiger partial charge on any atom is 0.573 e. The zero-order valence-electron chi connectivity index (χ0n) is 10.3. The molecule has 1 aliphatic rings. The Kier molecular flexibility index (Phi) is 3.84. The Bertz CT molecular complexity index is 530. The summed E-state index contributed by atoms with van der Waals surface area (Å²) >= 11 is 0. The molecule has 1 unspecified atom stereocenters. The van der Waals surface area contributed by atoms with E-state index >= 15 is 0 Å². The molecule has 20 heavy (non-hydrogen) atoms. The highest BCUT2D eigenvalue weighted by Gasteiger charge is 2.33. The normalized spacial score (nSPS) is 16.1. The molecule has 1 amide bonds. The SMILES string of the molecule is N#CC(NC(=O)c1ccc(OC(F)(F)F)cc1)C1CC1. The van der Waals surface area contributed by atoms with Gasteiger partial charge in [-0.3, -0.25) is 4.79 Å². The van der Waals surface area contributed by atoms with E-state index < -0.39 is 24.1 Å². The van der Waals surface area contributed by atoms with Gasteiger partial charge in [0.25, 0.3) is 5.91 Å². The van der Waals surface area contributed by atoms with Crippen LogP contribution in [0.4, 0.5) is 13.2 Å². The van der Waals surface area contributed by atoms with Gasteiger partial charge in [-0.15, -0.1) is 13.2 Å². The molecule has 2 rings (SSSR count). The van der Waals surface area contributed by atoms with Gasteiger partial charge in [0.1, 0.15) is 11.8 Å². The number of carbonyl (C=O) groups excluding carboxylic acids is 1. The van der Waals surface area contributed by atoms with Crippen molar-refractivity contribution in [3.05, 3.63) is 29.8 Å². The number of amides is 1. The third-order valence-electron chi connectivity index (χ3n) is 2.87. The molecule has 1 aliphatic carbocycles. The second-order valence-corrected chi connectivity index (χ2v) is 4.49. The summed E-state index contributed by atoms with van der Waals surface area (Å²) in [6.07, 6.45) is -2.96. The van der Waals surface area contributed by atoms with Gasteiger partial charge in [-0.25, -0.2) is 0 Å². The molecule has 0 aromatic heterocycles. The van der Waals surface area contributed by atoms with Crippen molar-refractivity contribution in [1.29, 1.82) is 5.26 Å². The van der Waals surface area contributed by atoms with E-state index in [0.29, 0.717) is 0 Å². The molecule has 0 spiro atoms. The third-order valence-corrected chi connectivity index (χ3v) is 2.87. The molecule has 7 heteroatoms. The number of nitrogens with zero attached hydrogens (tertiary/aromatic N) is 1. The summed E-state index contributed by atoms with van der Waals surface area (Å²) in [6, 6.07) is 6.01. The minimum atomic E-state index is -4.76. The molecular weight excluding hydrogens is 273 g/mol. The minimum Gasteiger partial charge on any atom is -0.406 e. The van der Waals surface area contributed by atoms with Crippen molar-refractivity contribution >= 4 is 5.91 Å². The predicted octanol–water partition coefficient (Wildman–Crippen LogP) is 2.62. The van der Waals surface area contributed by atoms with Gasteiger partial charge in [0, 0.05) is 5.56 Å². The predicted molar refractivity (Wildman–Crippen MR) is 62.7 cm³/mol. The van der Waals surface area contributed by atoms with E-state index in [2.05, 4.69) is 10.1 Å². The molecule has 1 atom stereocenters. The van der Waals surface area contributed by atoms with Gasteiger partial charge in [-0.2, -0.15) is 5.26 Å². The van der Waals surface area contributed by atoms with Crippen molar-refractivity contribution in [2.75, 3.05) is 0 Å². The van der Waals surface area contributed by atoms with Gasteiger partial charge < -0.3 is 10.1 Å². The Morgan fingerprint density at radius 3 is 2.40 bits per heavy atom. The molecular formula is C13H11F3N2O2. The minimum absolute atomic E-state index is 0.178. The van der Waals surface area contributed by atoms with Gasteiger partial charge in [0.15, 0.2) is 0 Å². The molecule has 1 aromatic carbocycles. The number of benzene rings is 1. The Morgan fingerprint density at radius 1 is 1.35 bits per heavy atom. The summed E-state index contributed by atoms with van der Waals surface area (Å²) in [7, 11) is 0. The van der Waals surface area contributed by atoms with Crippen molar-refractivity contribution in [2.24, 2.45) is 5.92 Å². The van der Waals surface area contributed by atoms with Crippen LogP contribution in [0.2, 0.25) is 0 Å². The quantitative estimate of drug-likeness (QED) is 0.924. The number of alkyl halides is 3. The van der Waals surface area contributed by atoms with Crippen LogP contribution in [0.3, 0.4) is 0 Å². The Balaban J connectivity index is 1.98. The number of nitriles is 1. The first-order chi connectivity index (χ1) is 9.39. The maximum atomic E-state index is 12.0. The molecule has 106 valence electrons. The summed E-state index contributed by atoms with van der Waals surface area (Å²) in [5.41, 5.74) is 0.181. The van der Waals surface area contributed by atoms with Crippen LogP contribution in [0.1, 0.15) is 23.2 Å². The number of hydrogen-bond acceptors (Lipinski definition) is 3. The van der Waals surface area contributed by atoms with Crippen molar-refractivity contribution in [2.45, 2.75) is 25.2 Å². The van der Waals surface area contributed by atoms with Gasteiger partial charge in [-0.1, -0.05) is 0 Å². The second-order valence-electron chi connectivity index (χ2n) is 4.49. The van der Waals surface area contributed by atoms with E-state index in [4.69, 9.17) is 5.26 Å². The molecule has 0 radical (unpaired) electrons. The fourth-order valence-corrected chi connectivity index (χ4v) is 1.72. The average molecular weight is 284 g/mol. The second kappa shape index (κ2) is 5.41. The Morgan fingerprint density at radius 2 is 1.95 bits per heavy atom. The van der Waals surface area contributed by atoms with Crippen molar-refractivity contribution in [1.82, 2.24) is 5.32 Å². The van der Waals surface area contributed by atoms with Gasteiger partial charge in [0.05, 0.1) is 6.07 Å². The lowest BCUT2D eigenvalue weighted by Gasteiger charge is -2.11. The maximum absolute atomic E-state index is 12.0. The van der Waals surface area contributed by atoms with Crippen LogP contribution in [-0.4, -0.2) is 18.3 Å². The molecule has 1 saturated carbocycles. The highest BCUT2D eigenvalue weighted by atomic mass is 19.4. The van der Waals surface area contributed by atoms with Crippen LogP contribution in [0, 0.1) is 17.2 Å². The lowest BCUT2D eigenvalue weighted by molar-refractivity contribution is -0.274. The van der Waals surface area contributed by atoms with Crippen molar-refractivity contribution in [3.63, 3.8) is 0 Å². The zero-order chi connectivity index (χ0) is 14.8. The molecule has 4 nitrogen and oxygen atoms in total. The fraction of sp³-hybridized carbons (Fsp3) is 0.385. The number of hydrogen-bond donors (Lipinski definition) is 1. The van der Waals surface area contributed by atoms with Crippen LogP contribution in [0.15, 0.2) is 24.3 Å². The highest BCUT2D eigenvalue weighted by molar-refractivity contribution is 5.94. The van der Waals surface area contributed by atoms with Crippen LogP contribution in [0.5, 0.6) is 5.75 Å². The van der Waals surface area contributed by atoms with E-state index in [1.54, 1.807) is 0 Å². The first-order valence-electron chi connectivity index (χ1n) is 5.95. The van der Waals surface area contributed by atoms with Crippen molar-refractivity contribution in [3.8, 4) is 11.8 Å². The number of rotatable bonds is 4. The van der Waals surface area contributed by atoms with Crippen LogP contribution in [-0.2, 0) is 0 Å². The zero-order valence-corrected chi connectivity index (χ0v) is 10.3. The summed E-state index contributed by atoms with van der Waals surface area (Å²) in [6.45, 7) is 0. The van der Waals surface area contributed by atoms with Gasteiger partial charge in [0.2, 0.25) is 0 Å². The van der Waals surface area contributed by atoms with E-state index in [9.17, 15) is 18.0 Å². The number of carbonyl (C=O) groups is 1. The Labute approximate surface area is 113 Å². The lowest BCUT2D eigenvalue weighted by Crippen LogP contribution is -2.35. The number of ether oxygens (including phenoxy) is 1. The van der Waals surface area contributed by atoms with Crippen LogP contribution >= 0.6 is 0 Å². The topological polar surface area (TPSA) is 62.1 Å². The molecule has 0 saturated heterocycles. The monoisotopic (exact) mass is 284 g/mol. The first-order valence-corrected chi connectivity index (χ1v) is 5.95. The van der Waals surface area contributed by atoms with Gasteiger partial charge >= 0.3 is 6.36 Å². The van der Waals surface area contributed by atoms with E-state index in [1.165, 1.54) is 12.1 Å². The van der Waals surface area contributed by atoms with Gasteiger partial charge in [-0.05, 0) is 43.0 Å². The molecule has 0 bridgehead atoms. The summed E-state index contributed by atoms with van der Waals surface area (Å²) in [5.74, 6) is -0.702. The lowest BCUT2D eigenvalue weighted by atomic mass is 10.1. The fourth-order valence-electron chi connectivity index (χ4n) is 1.72. The van der Waals surface area contributed by atoms with Crippen LogP contribution in [0.25, 0.3) is 0 Å². The van der Waals surface area contributed by atoms with E-state index in [0.717, 1.165) is 25.0 Å². The molecule has 1 aromatic rings.